The molecule has 76 valence electrons. The van der Waals surface area contributed by atoms with Gasteiger partial charge in [0.2, 0.25) is 0 Å². The second kappa shape index (κ2) is 2.91. The Morgan fingerprint density at radius 1 is 1.29 bits per heavy atom. The molecule has 0 saturated heterocycles. The Kier molecular flexibility index (Phi) is 1.95. The summed E-state index contributed by atoms with van der Waals surface area (Å²) in [6.45, 7) is 7.32. The van der Waals surface area contributed by atoms with Crippen LogP contribution in [0.1, 0.15) is 31.9 Å². The van der Waals surface area contributed by atoms with E-state index in [4.69, 9.17) is 10.5 Å². The largest absolute Gasteiger partial charge is 0.493 e. The molecule has 0 saturated carbocycles. The van der Waals surface area contributed by atoms with Gasteiger partial charge in [0.25, 0.3) is 0 Å². The Balaban J connectivity index is 2.56. The number of nitrogens with two attached hydrogens (primary N) is 1. The Hall–Kier alpha value is -1.18. The number of fused-ring (bicyclic) bond motifs is 1. The Morgan fingerprint density at radius 3 is 2.64 bits per heavy atom. The summed E-state index contributed by atoms with van der Waals surface area (Å²) < 4.78 is 5.47. The molecule has 1 aromatic rings. The predicted molar refractivity (Wildman–Crippen MR) is 58.8 cm³/mol. The summed E-state index contributed by atoms with van der Waals surface area (Å²) >= 11 is 0. The SMILES string of the molecule is CC(C)(C)c1ccc2c(c1N)CCO2. The number of hydrogen-bond acceptors (Lipinski definition) is 2. The maximum absolute atomic E-state index is 6.14. The lowest BCUT2D eigenvalue weighted by Crippen LogP contribution is -2.14. The van der Waals surface area contributed by atoms with Crippen LogP contribution in [0.5, 0.6) is 5.75 Å². The van der Waals surface area contributed by atoms with E-state index >= 15 is 0 Å². The van der Waals surface area contributed by atoms with E-state index < -0.39 is 0 Å². The molecule has 0 bridgehead atoms. The first-order chi connectivity index (χ1) is 6.50. The molecule has 0 aromatic heterocycles. The van der Waals surface area contributed by atoms with E-state index in [1.54, 1.807) is 0 Å². The third-order valence-electron chi connectivity index (χ3n) is 2.73. The Morgan fingerprint density at radius 2 is 2.00 bits per heavy atom. The molecule has 2 heteroatoms. The maximum Gasteiger partial charge on any atom is 0.124 e. The van der Waals surface area contributed by atoms with Crippen molar-refractivity contribution in [2.75, 3.05) is 12.3 Å². The summed E-state index contributed by atoms with van der Waals surface area (Å²) in [6, 6.07) is 4.12. The van der Waals surface area contributed by atoms with E-state index in [1.807, 2.05) is 6.07 Å². The third-order valence-corrected chi connectivity index (χ3v) is 2.73. The topological polar surface area (TPSA) is 35.2 Å². The minimum atomic E-state index is 0.113. The minimum absolute atomic E-state index is 0.113. The molecule has 2 nitrogen and oxygen atoms in total. The van der Waals surface area contributed by atoms with Crippen LogP contribution >= 0.6 is 0 Å². The Bertz CT molecular complexity index is 363. The fourth-order valence-electron chi connectivity index (χ4n) is 1.95. The molecule has 0 unspecified atom stereocenters. The maximum atomic E-state index is 6.14. The highest BCUT2D eigenvalue weighted by atomic mass is 16.5. The van der Waals surface area contributed by atoms with Crippen LogP contribution in [0, 0.1) is 0 Å². The molecule has 1 aliphatic rings. The molecule has 1 heterocycles. The van der Waals surface area contributed by atoms with Gasteiger partial charge in [-0.05, 0) is 17.0 Å². The van der Waals surface area contributed by atoms with Crippen LogP contribution in [0.3, 0.4) is 0 Å². The molecule has 0 amide bonds. The van der Waals surface area contributed by atoms with Gasteiger partial charge in [-0.2, -0.15) is 0 Å². The van der Waals surface area contributed by atoms with Crippen LogP contribution in [0.15, 0.2) is 12.1 Å². The molecule has 2 rings (SSSR count). The molecule has 1 aromatic carbocycles. The highest BCUT2D eigenvalue weighted by Crippen LogP contribution is 2.37. The van der Waals surface area contributed by atoms with Crippen molar-refractivity contribution >= 4 is 5.69 Å². The van der Waals surface area contributed by atoms with Crippen molar-refractivity contribution < 1.29 is 4.74 Å². The van der Waals surface area contributed by atoms with Crippen molar-refractivity contribution in [2.24, 2.45) is 0 Å². The van der Waals surface area contributed by atoms with Crippen molar-refractivity contribution in [1.29, 1.82) is 0 Å². The van der Waals surface area contributed by atoms with Crippen LogP contribution in [0.25, 0.3) is 0 Å². The van der Waals surface area contributed by atoms with Crippen molar-refractivity contribution in [3.8, 4) is 5.75 Å². The molecular formula is C12H17NO. The van der Waals surface area contributed by atoms with Gasteiger partial charge in [0.1, 0.15) is 5.75 Å². The number of anilines is 1. The van der Waals surface area contributed by atoms with Crippen LogP contribution in [0.4, 0.5) is 5.69 Å². The Labute approximate surface area is 85.1 Å². The minimum Gasteiger partial charge on any atom is -0.493 e. The second-order valence-electron chi connectivity index (χ2n) is 4.85. The zero-order valence-electron chi connectivity index (χ0n) is 9.05. The smallest absolute Gasteiger partial charge is 0.124 e. The molecule has 0 atom stereocenters. The lowest BCUT2D eigenvalue weighted by atomic mass is 9.84. The molecule has 0 radical (unpaired) electrons. The van der Waals surface area contributed by atoms with E-state index in [1.165, 1.54) is 11.1 Å². The average molecular weight is 191 g/mol. The molecular weight excluding hydrogens is 174 g/mol. The first-order valence-electron chi connectivity index (χ1n) is 5.05. The lowest BCUT2D eigenvalue weighted by Gasteiger charge is -2.22. The highest BCUT2D eigenvalue weighted by molar-refractivity contribution is 5.62. The molecule has 2 N–H and O–H groups in total. The molecule has 0 spiro atoms. The molecule has 1 aliphatic heterocycles. The fourth-order valence-corrected chi connectivity index (χ4v) is 1.95. The highest BCUT2D eigenvalue weighted by Gasteiger charge is 2.23. The van der Waals surface area contributed by atoms with Crippen molar-refractivity contribution in [2.45, 2.75) is 32.6 Å². The number of nitrogen functional groups attached to an aromatic ring is 1. The van der Waals surface area contributed by atoms with Gasteiger partial charge >= 0.3 is 0 Å². The van der Waals surface area contributed by atoms with Crippen LogP contribution in [-0.4, -0.2) is 6.61 Å². The first-order valence-corrected chi connectivity index (χ1v) is 5.05. The van der Waals surface area contributed by atoms with E-state index in [-0.39, 0.29) is 5.41 Å². The van der Waals surface area contributed by atoms with Crippen LogP contribution in [-0.2, 0) is 11.8 Å². The second-order valence-corrected chi connectivity index (χ2v) is 4.85. The zero-order chi connectivity index (χ0) is 10.3. The number of hydrogen-bond donors (Lipinski definition) is 1. The van der Waals surface area contributed by atoms with E-state index in [9.17, 15) is 0 Å². The van der Waals surface area contributed by atoms with Gasteiger partial charge < -0.3 is 10.5 Å². The lowest BCUT2D eigenvalue weighted by molar-refractivity contribution is 0.356. The predicted octanol–water partition coefficient (Wildman–Crippen LogP) is 2.50. The van der Waals surface area contributed by atoms with Gasteiger partial charge in [-0.15, -0.1) is 0 Å². The van der Waals surface area contributed by atoms with Gasteiger partial charge in [0.15, 0.2) is 0 Å². The summed E-state index contributed by atoms with van der Waals surface area (Å²) in [4.78, 5) is 0. The summed E-state index contributed by atoms with van der Waals surface area (Å²) in [5.74, 6) is 0.968. The van der Waals surface area contributed by atoms with Crippen LogP contribution in [0.2, 0.25) is 0 Å². The fraction of sp³-hybridized carbons (Fsp3) is 0.500. The normalized spacial score (nSPS) is 15.1. The van der Waals surface area contributed by atoms with Gasteiger partial charge in [0, 0.05) is 17.7 Å². The molecule has 0 fully saturated rings. The van der Waals surface area contributed by atoms with Gasteiger partial charge in [0.05, 0.1) is 6.61 Å². The van der Waals surface area contributed by atoms with Crippen molar-refractivity contribution in [3.63, 3.8) is 0 Å². The van der Waals surface area contributed by atoms with Gasteiger partial charge in [-0.3, -0.25) is 0 Å². The summed E-state index contributed by atoms with van der Waals surface area (Å²) in [7, 11) is 0. The first kappa shape index (κ1) is 9.38. The van der Waals surface area contributed by atoms with E-state index in [0.717, 1.165) is 24.5 Å². The average Bonchev–Trinajstić information content (AvgIpc) is 2.50. The number of ether oxygens (including phenoxy) is 1. The molecule has 14 heavy (non-hydrogen) atoms. The van der Waals surface area contributed by atoms with E-state index in [0.29, 0.717) is 0 Å². The summed E-state index contributed by atoms with van der Waals surface area (Å²) in [5, 5.41) is 0. The third kappa shape index (κ3) is 1.35. The standard InChI is InChI=1S/C12H17NO/c1-12(2,3)9-4-5-10-8(11(9)13)6-7-14-10/h4-5H,6-7,13H2,1-3H3. The number of rotatable bonds is 0. The quantitative estimate of drug-likeness (QED) is 0.639. The number of benzene rings is 1. The van der Waals surface area contributed by atoms with Crippen LogP contribution < -0.4 is 10.5 Å². The monoisotopic (exact) mass is 191 g/mol. The van der Waals surface area contributed by atoms with Crippen molar-refractivity contribution in [1.82, 2.24) is 0 Å². The van der Waals surface area contributed by atoms with Gasteiger partial charge in [-0.1, -0.05) is 26.8 Å². The molecule has 0 aliphatic carbocycles. The summed E-state index contributed by atoms with van der Waals surface area (Å²) in [5.41, 5.74) is 9.59. The van der Waals surface area contributed by atoms with Crippen molar-refractivity contribution in [3.05, 3.63) is 23.3 Å². The summed E-state index contributed by atoms with van der Waals surface area (Å²) in [6.07, 6.45) is 0.949. The zero-order valence-corrected chi connectivity index (χ0v) is 9.05. The van der Waals surface area contributed by atoms with Gasteiger partial charge in [-0.25, -0.2) is 0 Å². The van der Waals surface area contributed by atoms with E-state index in [2.05, 4.69) is 26.8 Å².